The van der Waals surface area contributed by atoms with Crippen molar-refractivity contribution in [2.45, 2.75) is 45.2 Å². The molecule has 176 valence electrons. The van der Waals surface area contributed by atoms with E-state index in [9.17, 15) is 8.42 Å². The van der Waals surface area contributed by atoms with Gasteiger partial charge >= 0.3 is 0 Å². The number of sulfone groups is 1. The Morgan fingerprint density at radius 1 is 0.971 bits per heavy atom. The van der Waals surface area contributed by atoms with E-state index in [1.165, 1.54) is 41.1 Å². The molecule has 0 saturated carbocycles. The SMILES string of the molecule is CCCCCn1c2ccccc2c2cc(C=NN(c3ccccc3)C3CCS(=O)(=O)C3)ccc21. The highest BCUT2D eigenvalue weighted by Gasteiger charge is 2.32. The normalized spacial score (nSPS) is 17.7. The van der Waals surface area contributed by atoms with E-state index in [1.807, 2.05) is 41.6 Å². The van der Waals surface area contributed by atoms with Crippen LogP contribution in [0.15, 0.2) is 77.9 Å². The van der Waals surface area contributed by atoms with Crippen molar-refractivity contribution in [2.24, 2.45) is 5.10 Å². The summed E-state index contributed by atoms with van der Waals surface area (Å²) in [7, 11) is -3.01. The molecule has 2 heterocycles. The molecule has 34 heavy (non-hydrogen) atoms. The molecule has 1 aliphatic heterocycles. The second-order valence-electron chi connectivity index (χ2n) is 9.13. The van der Waals surface area contributed by atoms with Crippen LogP contribution >= 0.6 is 0 Å². The maximum absolute atomic E-state index is 12.1. The van der Waals surface area contributed by atoms with Crippen LogP contribution in [0.4, 0.5) is 5.69 Å². The first-order chi connectivity index (χ1) is 16.6. The number of rotatable bonds is 8. The highest BCUT2D eigenvalue weighted by atomic mass is 32.2. The van der Waals surface area contributed by atoms with Crippen LogP contribution in [0.2, 0.25) is 0 Å². The molecule has 1 atom stereocenters. The summed E-state index contributed by atoms with van der Waals surface area (Å²) < 4.78 is 26.7. The number of aromatic nitrogens is 1. The van der Waals surface area contributed by atoms with E-state index in [1.54, 1.807) is 0 Å². The van der Waals surface area contributed by atoms with Crippen LogP contribution < -0.4 is 5.01 Å². The lowest BCUT2D eigenvalue weighted by Gasteiger charge is -2.25. The summed E-state index contributed by atoms with van der Waals surface area (Å²) in [6.07, 6.45) is 6.06. The number of unbranched alkanes of at least 4 members (excludes halogenated alkanes) is 2. The van der Waals surface area contributed by atoms with Gasteiger partial charge in [0.25, 0.3) is 0 Å². The zero-order valence-electron chi connectivity index (χ0n) is 19.6. The van der Waals surface area contributed by atoms with Crippen molar-refractivity contribution in [2.75, 3.05) is 16.5 Å². The van der Waals surface area contributed by atoms with E-state index in [2.05, 4.69) is 54.0 Å². The van der Waals surface area contributed by atoms with Gasteiger partial charge in [-0.3, -0.25) is 5.01 Å². The minimum absolute atomic E-state index is 0.142. The monoisotopic (exact) mass is 473 g/mol. The summed E-state index contributed by atoms with van der Waals surface area (Å²) in [6, 6.07) is 24.8. The molecule has 0 amide bonds. The first-order valence-electron chi connectivity index (χ1n) is 12.2. The number of hydrazone groups is 1. The molecule has 1 saturated heterocycles. The largest absolute Gasteiger partial charge is 0.340 e. The molecule has 0 aliphatic carbocycles. The predicted molar refractivity (Wildman–Crippen MR) is 143 cm³/mol. The second-order valence-corrected chi connectivity index (χ2v) is 11.4. The molecule has 0 N–H and O–H groups in total. The molecule has 4 aromatic rings. The summed E-state index contributed by atoms with van der Waals surface area (Å²) in [5, 5.41) is 9.16. The van der Waals surface area contributed by atoms with Crippen LogP contribution in [0.25, 0.3) is 21.8 Å². The zero-order valence-corrected chi connectivity index (χ0v) is 20.4. The van der Waals surface area contributed by atoms with Crippen LogP contribution in [-0.2, 0) is 16.4 Å². The number of fused-ring (bicyclic) bond motifs is 3. The fourth-order valence-corrected chi connectivity index (χ4v) is 6.65. The Hall–Kier alpha value is -3.12. The molecule has 1 aromatic heterocycles. The van der Waals surface area contributed by atoms with Crippen molar-refractivity contribution >= 4 is 43.5 Å². The summed E-state index contributed by atoms with van der Waals surface area (Å²) in [5.74, 6) is 0.365. The summed E-state index contributed by atoms with van der Waals surface area (Å²) in [4.78, 5) is 0. The maximum Gasteiger partial charge on any atom is 0.152 e. The molecule has 0 radical (unpaired) electrons. The van der Waals surface area contributed by atoms with Crippen LogP contribution in [0.5, 0.6) is 0 Å². The standard InChI is InChI=1S/C28H31N3O2S/c1-2-3-9-17-30-27-13-8-7-12-25(27)26-19-22(14-15-28(26)30)20-29-31(23-10-5-4-6-11-23)24-16-18-34(32,33)21-24/h4-8,10-15,19-20,24H,2-3,9,16-18,21H2,1H3. The van der Waals surface area contributed by atoms with Crippen molar-refractivity contribution < 1.29 is 8.42 Å². The maximum atomic E-state index is 12.1. The van der Waals surface area contributed by atoms with E-state index < -0.39 is 9.84 Å². The first-order valence-corrected chi connectivity index (χ1v) is 14.0. The Morgan fingerprint density at radius 2 is 1.74 bits per heavy atom. The topological polar surface area (TPSA) is 54.7 Å². The third-order valence-electron chi connectivity index (χ3n) is 6.69. The van der Waals surface area contributed by atoms with Gasteiger partial charge in [-0.2, -0.15) is 5.10 Å². The molecular weight excluding hydrogens is 442 g/mol. The number of anilines is 1. The number of hydrogen-bond acceptors (Lipinski definition) is 4. The van der Waals surface area contributed by atoms with Crippen molar-refractivity contribution in [1.82, 2.24) is 4.57 Å². The van der Waals surface area contributed by atoms with Crippen molar-refractivity contribution in [3.8, 4) is 0 Å². The van der Waals surface area contributed by atoms with Gasteiger partial charge in [0.2, 0.25) is 0 Å². The van der Waals surface area contributed by atoms with Crippen LogP contribution in [0, 0.1) is 0 Å². The van der Waals surface area contributed by atoms with Crippen molar-refractivity contribution in [3.05, 3.63) is 78.4 Å². The molecule has 0 bridgehead atoms. The van der Waals surface area contributed by atoms with Gasteiger partial charge in [0, 0.05) is 28.4 Å². The number of benzene rings is 3. The van der Waals surface area contributed by atoms with Gasteiger partial charge in [-0.1, -0.05) is 62.2 Å². The van der Waals surface area contributed by atoms with Crippen molar-refractivity contribution in [3.63, 3.8) is 0 Å². The molecular formula is C28H31N3O2S. The van der Waals surface area contributed by atoms with E-state index in [-0.39, 0.29) is 17.5 Å². The fourth-order valence-electron chi connectivity index (χ4n) is 4.96. The molecule has 1 fully saturated rings. The van der Waals surface area contributed by atoms with E-state index in [4.69, 9.17) is 5.10 Å². The minimum atomic E-state index is -3.01. The lowest BCUT2D eigenvalue weighted by atomic mass is 10.1. The molecule has 6 heteroatoms. The Bertz CT molecular complexity index is 1420. The predicted octanol–water partition coefficient (Wildman–Crippen LogP) is 6.01. The Labute approximate surface area is 201 Å². The third kappa shape index (κ3) is 4.60. The Balaban J connectivity index is 1.51. The van der Waals surface area contributed by atoms with E-state index >= 15 is 0 Å². The molecule has 5 rings (SSSR count). The number of aryl methyl sites for hydroxylation is 1. The minimum Gasteiger partial charge on any atom is -0.340 e. The molecule has 0 spiro atoms. The second kappa shape index (κ2) is 9.63. The highest BCUT2D eigenvalue weighted by molar-refractivity contribution is 7.91. The number of hydrogen-bond donors (Lipinski definition) is 0. The van der Waals surface area contributed by atoms with Gasteiger partial charge in [0.05, 0.1) is 29.4 Å². The fraction of sp³-hybridized carbons (Fsp3) is 0.321. The smallest absolute Gasteiger partial charge is 0.152 e. The number of para-hydroxylation sites is 2. The molecule has 1 unspecified atom stereocenters. The van der Waals surface area contributed by atoms with Gasteiger partial charge in [-0.05, 0) is 48.7 Å². The van der Waals surface area contributed by atoms with Gasteiger partial charge in [0.15, 0.2) is 9.84 Å². The Morgan fingerprint density at radius 3 is 2.50 bits per heavy atom. The van der Waals surface area contributed by atoms with Crippen LogP contribution in [0.3, 0.4) is 0 Å². The number of nitrogens with zero attached hydrogens (tertiary/aromatic N) is 3. The third-order valence-corrected chi connectivity index (χ3v) is 8.44. The highest BCUT2D eigenvalue weighted by Crippen LogP contribution is 2.30. The quantitative estimate of drug-likeness (QED) is 0.179. The zero-order chi connectivity index (χ0) is 23.5. The average molecular weight is 474 g/mol. The average Bonchev–Trinajstić information content (AvgIpc) is 3.37. The van der Waals surface area contributed by atoms with E-state index in [0.29, 0.717) is 6.42 Å². The van der Waals surface area contributed by atoms with Crippen LogP contribution in [0.1, 0.15) is 38.2 Å². The molecule has 5 nitrogen and oxygen atoms in total. The van der Waals surface area contributed by atoms with Crippen molar-refractivity contribution in [1.29, 1.82) is 0 Å². The summed E-state index contributed by atoms with van der Waals surface area (Å²) >= 11 is 0. The summed E-state index contributed by atoms with van der Waals surface area (Å²) in [6.45, 7) is 3.25. The van der Waals surface area contributed by atoms with Gasteiger partial charge in [-0.15, -0.1) is 0 Å². The Kier molecular flexibility index (Phi) is 6.42. The lowest BCUT2D eigenvalue weighted by Crippen LogP contribution is -2.31. The molecule has 3 aromatic carbocycles. The first kappa shape index (κ1) is 22.7. The van der Waals surface area contributed by atoms with Gasteiger partial charge in [0.1, 0.15) is 0 Å². The lowest BCUT2D eigenvalue weighted by molar-refractivity contribution is 0.600. The van der Waals surface area contributed by atoms with Crippen LogP contribution in [-0.4, -0.2) is 36.7 Å². The molecule has 1 aliphatic rings. The van der Waals surface area contributed by atoms with E-state index in [0.717, 1.165) is 17.8 Å². The van der Waals surface area contributed by atoms with Gasteiger partial charge in [-0.25, -0.2) is 8.42 Å². The van der Waals surface area contributed by atoms with Gasteiger partial charge < -0.3 is 4.57 Å². The summed E-state index contributed by atoms with van der Waals surface area (Å²) in [5.41, 5.74) is 4.43.